The second-order valence-corrected chi connectivity index (χ2v) is 5.09. The molecular weight excluding hydrogens is 295 g/mol. The van der Waals surface area contributed by atoms with Gasteiger partial charge in [-0.3, -0.25) is 4.98 Å². The molecule has 1 aromatic heterocycles. The first-order valence-corrected chi connectivity index (χ1v) is 6.49. The molecule has 1 aromatic carbocycles. The summed E-state index contributed by atoms with van der Waals surface area (Å²) < 4.78 is 14.0. The minimum Gasteiger partial charge on any atom is -0.378 e. The third kappa shape index (κ3) is 2.88. The van der Waals surface area contributed by atoms with E-state index in [1.165, 1.54) is 6.07 Å². The summed E-state index contributed by atoms with van der Waals surface area (Å²) >= 11 is 3.18. The number of aryl methyl sites for hydroxylation is 1. The van der Waals surface area contributed by atoms with E-state index in [2.05, 4.69) is 26.2 Å². The SMILES string of the molecule is Cc1cc(Br)c(F)cc1NC(C)c1cccnc1. The standard InChI is InChI=1S/C14H14BrFN2/c1-9-6-12(15)13(16)7-14(9)18-10(2)11-4-3-5-17-8-11/h3-8,10,18H,1-2H3. The van der Waals surface area contributed by atoms with Crippen molar-refractivity contribution in [1.82, 2.24) is 4.98 Å². The quantitative estimate of drug-likeness (QED) is 0.905. The van der Waals surface area contributed by atoms with Gasteiger partial charge >= 0.3 is 0 Å². The van der Waals surface area contributed by atoms with Gasteiger partial charge in [0.05, 0.1) is 10.5 Å². The summed E-state index contributed by atoms with van der Waals surface area (Å²) in [5.74, 6) is -0.263. The first kappa shape index (κ1) is 13.0. The molecule has 0 fully saturated rings. The summed E-state index contributed by atoms with van der Waals surface area (Å²) in [4.78, 5) is 4.08. The molecule has 0 saturated heterocycles. The van der Waals surface area contributed by atoms with Gasteiger partial charge in [-0.05, 0) is 59.1 Å². The van der Waals surface area contributed by atoms with Crippen LogP contribution in [0.1, 0.15) is 24.1 Å². The zero-order valence-corrected chi connectivity index (χ0v) is 11.8. The van der Waals surface area contributed by atoms with Gasteiger partial charge in [-0.15, -0.1) is 0 Å². The average molecular weight is 309 g/mol. The van der Waals surface area contributed by atoms with Crippen LogP contribution >= 0.6 is 15.9 Å². The molecule has 1 heterocycles. The third-order valence-electron chi connectivity index (χ3n) is 2.82. The summed E-state index contributed by atoms with van der Waals surface area (Å²) in [6, 6.07) is 7.25. The van der Waals surface area contributed by atoms with Crippen LogP contribution in [0.5, 0.6) is 0 Å². The lowest BCUT2D eigenvalue weighted by Crippen LogP contribution is -2.08. The van der Waals surface area contributed by atoms with Gasteiger partial charge in [-0.2, -0.15) is 0 Å². The highest BCUT2D eigenvalue weighted by atomic mass is 79.9. The molecule has 0 radical (unpaired) electrons. The van der Waals surface area contributed by atoms with Crippen molar-refractivity contribution in [2.75, 3.05) is 5.32 Å². The highest BCUT2D eigenvalue weighted by Crippen LogP contribution is 2.26. The molecule has 1 atom stereocenters. The lowest BCUT2D eigenvalue weighted by Gasteiger charge is -2.17. The third-order valence-corrected chi connectivity index (χ3v) is 3.43. The number of pyridine rings is 1. The van der Waals surface area contributed by atoms with Crippen molar-refractivity contribution in [2.45, 2.75) is 19.9 Å². The van der Waals surface area contributed by atoms with Crippen LogP contribution in [0.4, 0.5) is 10.1 Å². The van der Waals surface area contributed by atoms with Crippen molar-refractivity contribution in [2.24, 2.45) is 0 Å². The van der Waals surface area contributed by atoms with Crippen molar-refractivity contribution in [3.63, 3.8) is 0 Å². The number of halogens is 2. The Balaban J connectivity index is 2.22. The van der Waals surface area contributed by atoms with Crippen molar-refractivity contribution in [1.29, 1.82) is 0 Å². The summed E-state index contributed by atoms with van der Waals surface area (Å²) in [6.45, 7) is 3.97. The number of benzene rings is 1. The van der Waals surface area contributed by atoms with Crippen LogP contribution in [0.2, 0.25) is 0 Å². The van der Waals surface area contributed by atoms with Gasteiger partial charge in [0.25, 0.3) is 0 Å². The van der Waals surface area contributed by atoms with Gasteiger partial charge < -0.3 is 5.32 Å². The Morgan fingerprint density at radius 3 is 2.83 bits per heavy atom. The second kappa shape index (κ2) is 5.48. The van der Waals surface area contributed by atoms with E-state index in [1.54, 1.807) is 12.3 Å². The Hall–Kier alpha value is -1.42. The van der Waals surface area contributed by atoms with E-state index in [0.29, 0.717) is 4.47 Å². The maximum atomic E-state index is 13.5. The number of aromatic nitrogens is 1. The number of rotatable bonds is 3. The van der Waals surface area contributed by atoms with Gasteiger partial charge in [0.2, 0.25) is 0 Å². The molecule has 0 aliphatic heterocycles. The van der Waals surface area contributed by atoms with Crippen molar-refractivity contribution in [3.05, 3.63) is 58.1 Å². The molecule has 0 aliphatic rings. The smallest absolute Gasteiger partial charge is 0.139 e. The van der Waals surface area contributed by atoms with Crippen LogP contribution in [0.3, 0.4) is 0 Å². The fourth-order valence-corrected chi connectivity index (χ4v) is 2.21. The molecule has 0 aliphatic carbocycles. The van der Waals surface area contributed by atoms with E-state index in [1.807, 2.05) is 32.2 Å². The largest absolute Gasteiger partial charge is 0.378 e. The maximum Gasteiger partial charge on any atom is 0.139 e. The Morgan fingerprint density at radius 1 is 1.39 bits per heavy atom. The van der Waals surface area contributed by atoms with E-state index in [4.69, 9.17) is 0 Å². The normalized spacial score (nSPS) is 12.2. The molecule has 2 nitrogen and oxygen atoms in total. The number of nitrogens with zero attached hydrogens (tertiary/aromatic N) is 1. The molecule has 2 rings (SSSR count). The molecule has 94 valence electrons. The predicted molar refractivity (Wildman–Crippen MR) is 75.1 cm³/mol. The van der Waals surface area contributed by atoms with Crippen LogP contribution in [-0.4, -0.2) is 4.98 Å². The number of nitrogens with one attached hydrogen (secondary N) is 1. The fraction of sp³-hybridized carbons (Fsp3) is 0.214. The highest BCUT2D eigenvalue weighted by molar-refractivity contribution is 9.10. The molecule has 18 heavy (non-hydrogen) atoms. The Kier molecular flexibility index (Phi) is 3.97. The van der Waals surface area contributed by atoms with Crippen LogP contribution in [-0.2, 0) is 0 Å². The zero-order chi connectivity index (χ0) is 13.1. The van der Waals surface area contributed by atoms with Gasteiger partial charge in [-0.25, -0.2) is 4.39 Å². The fourth-order valence-electron chi connectivity index (χ4n) is 1.75. The minimum absolute atomic E-state index is 0.0815. The van der Waals surface area contributed by atoms with Crippen LogP contribution in [0, 0.1) is 12.7 Å². The molecular formula is C14H14BrFN2. The zero-order valence-electron chi connectivity index (χ0n) is 10.2. The van der Waals surface area contributed by atoms with Crippen molar-refractivity contribution < 1.29 is 4.39 Å². The molecule has 0 saturated carbocycles. The average Bonchev–Trinajstić information content (AvgIpc) is 2.37. The summed E-state index contributed by atoms with van der Waals surface area (Å²) in [5, 5.41) is 3.29. The van der Waals surface area contributed by atoms with Crippen LogP contribution in [0.15, 0.2) is 41.1 Å². The first-order chi connectivity index (χ1) is 8.58. The van der Waals surface area contributed by atoms with Gasteiger partial charge in [0, 0.05) is 18.1 Å². The monoisotopic (exact) mass is 308 g/mol. The highest BCUT2D eigenvalue weighted by Gasteiger charge is 2.09. The van der Waals surface area contributed by atoms with Crippen LogP contribution in [0.25, 0.3) is 0 Å². The van der Waals surface area contributed by atoms with Gasteiger partial charge in [0.1, 0.15) is 5.82 Å². The molecule has 2 aromatic rings. The Bertz CT molecular complexity index is 543. The Morgan fingerprint density at radius 2 is 2.17 bits per heavy atom. The van der Waals surface area contributed by atoms with Crippen molar-refractivity contribution >= 4 is 21.6 Å². The van der Waals surface area contributed by atoms with E-state index < -0.39 is 0 Å². The lowest BCUT2D eigenvalue weighted by atomic mass is 10.1. The molecule has 0 amide bonds. The van der Waals surface area contributed by atoms with Crippen LogP contribution < -0.4 is 5.32 Å². The van der Waals surface area contributed by atoms with Gasteiger partial charge in [0.15, 0.2) is 0 Å². The Labute approximate surface area is 114 Å². The van der Waals surface area contributed by atoms with Crippen molar-refractivity contribution in [3.8, 4) is 0 Å². The molecule has 4 heteroatoms. The minimum atomic E-state index is -0.263. The predicted octanol–water partition coefficient (Wildman–Crippen LogP) is 4.46. The van der Waals surface area contributed by atoms with E-state index >= 15 is 0 Å². The topological polar surface area (TPSA) is 24.9 Å². The molecule has 1 N–H and O–H groups in total. The lowest BCUT2D eigenvalue weighted by molar-refractivity contribution is 0.620. The number of hydrogen-bond donors (Lipinski definition) is 1. The number of anilines is 1. The van der Waals surface area contributed by atoms with E-state index in [-0.39, 0.29) is 11.9 Å². The summed E-state index contributed by atoms with van der Waals surface area (Å²) in [6.07, 6.45) is 3.54. The maximum absolute atomic E-state index is 13.5. The summed E-state index contributed by atoms with van der Waals surface area (Å²) in [7, 11) is 0. The van der Waals surface area contributed by atoms with E-state index in [0.717, 1.165) is 16.8 Å². The molecule has 1 unspecified atom stereocenters. The molecule has 0 spiro atoms. The van der Waals surface area contributed by atoms with E-state index in [9.17, 15) is 4.39 Å². The molecule has 0 bridgehead atoms. The van der Waals surface area contributed by atoms with Gasteiger partial charge in [-0.1, -0.05) is 6.07 Å². The second-order valence-electron chi connectivity index (χ2n) is 4.23. The number of hydrogen-bond acceptors (Lipinski definition) is 2. The first-order valence-electron chi connectivity index (χ1n) is 5.70. The summed E-state index contributed by atoms with van der Waals surface area (Å²) in [5.41, 5.74) is 2.87.